The van der Waals surface area contributed by atoms with Gasteiger partial charge in [0.05, 0.1) is 0 Å². The zero-order chi connectivity index (χ0) is 14.3. The zero-order valence-corrected chi connectivity index (χ0v) is 13.3. The van der Waals surface area contributed by atoms with Crippen molar-refractivity contribution in [2.24, 2.45) is 5.92 Å². The predicted octanol–water partition coefficient (Wildman–Crippen LogP) is 3.98. The van der Waals surface area contributed by atoms with E-state index in [1.54, 1.807) is 0 Å². The van der Waals surface area contributed by atoms with Gasteiger partial charge in [0.25, 0.3) is 0 Å². The molecule has 1 aromatic carbocycles. The van der Waals surface area contributed by atoms with E-state index in [4.69, 9.17) is 0 Å². The van der Waals surface area contributed by atoms with E-state index in [9.17, 15) is 0 Å². The van der Waals surface area contributed by atoms with Gasteiger partial charge in [-0.05, 0) is 49.1 Å². The first-order chi connectivity index (χ1) is 9.04. The molecule has 0 aliphatic rings. The molecule has 2 nitrogen and oxygen atoms in total. The van der Waals surface area contributed by atoms with Crippen LogP contribution in [0.4, 0.5) is 5.69 Å². The number of benzene rings is 1. The number of rotatable bonds is 8. The molecule has 0 amide bonds. The van der Waals surface area contributed by atoms with Gasteiger partial charge in [-0.15, -0.1) is 0 Å². The molecule has 2 heteroatoms. The number of nitrogens with one attached hydrogen (secondary N) is 1. The normalized spacial score (nSPS) is 11.1. The minimum absolute atomic E-state index is 0.708. The standard InChI is InChI=1S/C17H30N2/c1-6-7-10-19(5)17-9-8-16(15(4)11-17)13-18-12-14(2)3/h8-9,11,14,18H,6-7,10,12-13H2,1-5H3. The van der Waals surface area contributed by atoms with Crippen molar-refractivity contribution in [3.8, 4) is 0 Å². The van der Waals surface area contributed by atoms with Crippen LogP contribution in [0, 0.1) is 12.8 Å². The molecule has 0 fully saturated rings. The molecule has 1 rings (SSSR count). The molecule has 0 aliphatic heterocycles. The Morgan fingerprint density at radius 3 is 2.58 bits per heavy atom. The van der Waals surface area contributed by atoms with Gasteiger partial charge >= 0.3 is 0 Å². The molecule has 0 unspecified atom stereocenters. The maximum atomic E-state index is 3.51. The van der Waals surface area contributed by atoms with Crippen LogP contribution >= 0.6 is 0 Å². The molecule has 108 valence electrons. The Balaban J connectivity index is 2.58. The molecule has 0 heterocycles. The van der Waals surface area contributed by atoms with Crippen molar-refractivity contribution in [1.29, 1.82) is 0 Å². The Kier molecular flexibility index (Phi) is 6.93. The molecular formula is C17H30N2. The fraction of sp³-hybridized carbons (Fsp3) is 0.647. The molecule has 0 radical (unpaired) electrons. The summed E-state index contributed by atoms with van der Waals surface area (Å²) in [6.07, 6.45) is 2.51. The molecule has 1 N–H and O–H groups in total. The third-order valence-electron chi connectivity index (χ3n) is 3.48. The average molecular weight is 262 g/mol. The summed E-state index contributed by atoms with van der Waals surface area (Å²) >= 11 is 0. The summed E-state index contributed by atoms with van der Waals surface area (Å²) in [5.74, 6) is 0.708. The number of hydrogen-bond donors (Lipinski definition) is 1. The van der Waals surface area contributed by atoms with E-state index in [0.29, 0.717) is 5.92 Å². The fourth-order valence-electron chi connectivity index (χ4n) is 2.14. The Hall–Kier alpha value is -1.02. The third-order valence-corrected chi connectivity index (χ3v) is 3.48. The van der Waals surface area contributed by atoms with Crippen LogP contribution in [-0.4, -0.2) is 20.1 Å². The van der Waals surface area contributed by atoms with Crippen molar-refractivity contribution in [3.05, 3.63) is 29.3 Å². The van der Waals surface area contributed by atoms with E-state index in [-0.39, 0.29) is 0 Å². The molecular weight excluding hydrogens is 232 g/mol. The van der Waals surface area contributed by atoms with Crippen LogP contribution in [0.25, 0.3) is 0 Å². The van der Waals surface area contributed by atoms with E-state index >= 15 is 0 Å². The lowest BCUT2D eigenvalue weighted by atomic mass is 10.1. The Morgan fingerprint density at radius 1 is 1.26 bits per heavy atom. The smallest absolute Gasteiger partial charge is 0.0366 e. The second kappa shape index (κ2) is 8.21. The molecule has 0 aromatic heterocycles. The van der Waals surface area contributed by atoms with E-state index < -0.39 is 0 Å². The Bertz CT molecular complexity index is 372. The summed E-state index contributed by atoms with van der Waals surface area (Å²) in [6, 6.07) is 6.82. The first kappa shape index (κ1) is 16.0. The Labute approximate surface area is 119 Å². The second-order valence-corrected chi connectivity index (χ2v) is 5.91. The predicted molar refractivity (Wildman–Crippen MR) is 85.9 cm³/mol. The summed E-state index contributed by atoms with van der Waals surface area (Å²) in [5, 5.41) is 3.51. The van der Waals surface area contributed by atoms with Crippen molar-refractivity contribution < 1.29 is 0 Å². The average Bonchev–Trinajstić information content (AvgIpc) is 2.37. The first-order valence-corrected chi connectivity index (χ1v) is 7.56. The zero-order valence-electron chi connectivity index (χ0n) is 13.3. The topological polar surface area (TPSA) is 15.3 Å². The van der Waals surface area contributed by atoms with E-state index in [0.717, 1.165) is 19.6 Å². The number of nitrogens with zero attached hydrogens (tertiary/aromatic N) is 1. The highest BCUT2D eigenvalue weighted by Gasteiger charge is 2.04. The van der Waals surface area contributed by atoms with E-state index in [1.165, 1.54) is 29.7 Å². The van der Waals surface area contributed by atoms with Gasteiger partial charge in [-0.2, -0.15) is 0 Å². The van der Waals surface area contributed by atoms with Crippen molar-refractivity contribution in [2.45, 2.75) is 47.1 Å². The SMILES string of the molecule is CCCCN(C)c1ccc(CNCC(C)C)c(C)c1. The van der Waals surface area contributed by atoms with Crippen molar-refractivity contribution in [1.82, 2.24) is 5.32 Å². The van der Waals surface area contributed by atoms with Gasteiger partial charge in [0.1, 0.15) is 0 Å². The van der Waals surface area contributed by atoms with Crippen LogP contribution in [0.3, 0.4) is 0 Å². The summed E-state index contributed by atoms with van der Waals surface area (Å²) in [5.41, 5.74) is 4.13. The van der Waals surface area contributed by atoms with Gasteiger partial charge in [0, 0.05) is 25.8 Å². The lowest BCUT2D eigenvalue weighted by molar-refractivity contribution is 0.551. The minimum atomic E-state index is 0.708. The monoisotopic (exact) mass is 262 g/mol. The highest BCUT2D eigenvalue weighted by Crippen LogP contribution is 2.18. The largest absolute Gasteiger partial charge is 0.375 e. The summed E-state index contributed by atoms with van der Waals surface area (Å²) < 4.78 is 0. The first-order valence-electron chi connectivity index (χ1n) is 7.56. The molecule has 19 heavy (non-hydrogen) atoms. The number of hydrogen-bond acceptors (Lipinski definition) is 2. The van der Waals surface area contributed by atoms with Crippen molar-refractivity contribution >= 4 is 5.69 Å². The van der Waals surface area contributed by atoms with Crippen LogP contribution in [0.5, 0.6) is 0 Å². The molecule has 0 saturated heterocycles. The summed E-state index contributed by atoms with van der Waals surface area (Å²) in [7, 11) is 2.18. The maximum Gasteiger partial charge on any atom is 0.0366 e. The quantitative estimate of drug-likeness (QED) is 0.762. The van der Waals surface area contributed by atoms with Crippen molar-refractivity contribution in [2.75, 3.05) is 25.0 Å². The molecule has 0 saturated carbocycles. The highest BCUT2D eigenvalue weighted by atomic mass is 15.1. The number of anilines is 1. The van der Waals surface area contributed by atoms with Crippen LogP contribution < -0.4 is 10.2 Å². The molecule has 0 spiro atoms. The fourth-order valence-corrected chi connectivity index (χ4v) is 2.14. The number of aryl methyl sites for hydroxylation is 1. The van der Waals surface area contributed by atoms with Gasteiger partial charge in [-0.3, -0.25) is 0 Å². The maximum absolute atomic E-state index is 3.51. The van der Waals surface area contributed by atoms with E-state index in [2.05, 4.69) is 63.2 Å². The molecule has 0 bridgehead atoms. The summed E-state index contributed by atoms with van der Waals surface area (Å²) in [6.45, 7) is 12.1. The van der Waals surface area contributed by atoms with Crippen LogP contribution in [0.1, 0.15) is 44.7 Å². The van der Waals surface area contributed by atoms with Crippen LogP contribution in [0.2, 0.25) is 0 Å². The van der Waals surface area contributed by atoms with E-state index in [1.807, 2.05) is 0 Å². The minimum Gasteiger partial charge on any atom is -0.375 e. The third kappa shape index (κ3) is 5.65. The molecule has 0 aliphatic carbocycles. The molecule has 1 aromatic rings. The Morgan fingerprint density at radius 2 is 2.00 bits per heavy atom. The van der Waals surface area contributed by atoms with Gasteiger partial charge in [0.2, 0.25) is 0 Å². The van der Waals surface area contributed by atoms with Gasteiger partial charge < -0.3 is 10.2 Å². The van der Waals surface area contributed by atoms with Gasteiger partial charge in [-0.1, -0.05) is 33.3 Å². The highest BCUT2D eigenvalue weighted by molar-refractivity contribution is 5.50. The van der Waals surface area contributed by atoms with Crippen LogP contribution in [-0.2, 0) is 6.54 Å². The number of unbranched alkanes of at least 4 members (excludes halogenated alkanes) is 1. The van der Waals surface area contributed by atoms with Crippen LogP contribution in [0.15, 0.2) is 18.2 Å². The van der Waals surface area contributed by atoms with Crippen molar-refractivity contribution in [3.63, 3.8) is 0 Å². The second-order valence-electron chi connectivity index (χ2n) is 5.91. The van der Waals surface area contributed by atoms with Gasteiger partial charge in [0.15, 0.2) is 0 Å². The van der Waals surface area contributed by atoms with Gasteiger partial charge in [-0.25, -0.2) is 0 Å². The molecule has 0 atom stereocenters. The summed E-state index contributed by atoms with van der Waals surface area (Å²) in [4.78, 5) is 2.35. The lowest BCUT2D eigenvalue weighted by Crippen LogP contribution is -2.20. The lowest BCUT2D eigenvalue weighted by Gasteiger charge is -2.20.